The average molecular weight is 113 g/mol. The number of carbonyl (C=O) groups is 1. The van der Waals surface area contributed by atoms with Crippen LogP contribution >= 0.6 is 0 Å². The van der Waals surface area contributed by atoms with E-state index in [1.54, 1.807) is 0 Å². The zero-order valence-electron chi connectivity index (χ0n) is 5.49. The molecule has 0 saturated carbocycles. The summed E-state index contributed by atoms with van der Waals surface area (Å²) in [6.07, 6.45) is 0. The molecule has 0 aliphatic heterocycles. The number of carbonyl (C=O) groups excluding carboxylic acids is 1. The minimum atomic E-state index is -0.0509. The fraction of sp³-hybridized carbons (Fsp3) is 0.500. The Morgan fingerprint density at radius 3 is 1.62 bits per heavy atom. The molecule has 0 spiro atoms. The molecule has 0 amide bonds. The molecule has 0 atom stereocenters. The number of hydrogen-bond donors (Lipinski definition) is 1. The molecule has 0 aliphatic rings. The van der Waals surface area contributed by atoms with Gasteiger partial charge in [-0.15, -0.1) is 0 Å². The quantitative estimate of drug-likeness (QED) is 0.512. The fourth-order valence-electron chi connectivity index (χ4n) is 0.352. The predicted octanol–water partition coefficient (Wildman–Crippen LogP) is 0.828. The Balaban J connectivity index is 4.23. The molecule has 2 heteroatoms. The van der Waals surface area contributed by atoms with Crippen molar-refractivity contribution in [1.82, 2.24) is 0 Å². The molecule has 0 unspecified atom stereocenters. The van der Waals surface area contributed by atoms with Crippen molar-refractivity contribution in [3.8, 4) is 0 Å². The van der Waals surface area contributed by atoms with Crippen LogP contribution in [0.4, 0.5) is 0 Å². The van der Waals surface area contributed by atoms with Gasteiger partial charge in [0.1, 0.15) is 0 Å². The molecule has 0 aliphatic carbocycles. The maximum atomic E-state index is 10.4. The van der Waals surface area contributed by atoms with Crippen LogP contribution in [0.5, 0.6) is 0 Å². The highest BCUT2D eigenvalue weighted by Gasteiger charge is 1.96. The second kappa shape index (κ2) is 2.50. The number of ketones is 1. The molecular weight excluding hydrogens is 102 g/mol. The molecule has 0 radical (unpaired) electrons. The van der Waals surface area contributed by atoms with Crippen molar-refractivity contribution in [2.75, 3.05) is 0 Å². The van der Waals surface area contributed by atoms with Crippen molar-refractivity contribution < 1.29 is 4.79 Å². The second-order valence-corrected chi connectivity index (χ2v) is 1.97. The van der Waals surface area contributed by atoms with Gasteiger partial charge in [-0.1, -0.05) is 0 Å². The van der Waals surface area contributed by atoms with Crippen LogP contribution in [0.3, 0.4) is 0 Å². The third-order valence-electron chi connectivity index (χ3n) is 0.918. The number of allylic oxidation sites excluding steroid dienone is 2. The van der Waals surface area contributed by atoms with Crippen molar-refractivity contribution in [2.45, 2.75) is 20.8 Å². The molecule has 0 fully saturated rings. The number of nitrogens with two attached hydrogens (primary N) is 1. The molecule has 0 aromatic heterocycles. The Kier molecular flexibility index (Phi) is 2.25. The van der Waals surface area contributed by atoms with E-state index in [4.69, 9.17) is 5.73 Å². The van der Waals surface area contributed by atoms with Crippen molar-refractivity contribution in [3.05, 3.63) is 11.3 Å². The van der Waals surface area contributed by atoms with Gasteiger partial charge in [0.2, 0.25) is 0 Å². The van der Waals surface area contributed by atoms with E-state index in [-0.39, 0.29) is 5.78 Å². The zero-order chi connectivity index (χ0) is 6.73. The summed E-state index contributed by atoms with van der Waals surface area (Å²) in [6.45, 7) is 5.09. The molecule has 0 bridgehead atoms. The van der Waals surface area contributed by atoms with Crippen LogP contribution in [0.2, 0.25) is 0 Å². The maximum absolute atomic E-state index is 10.4. The summed E-state index contributed by atoms with van der Waals surface area (Å²) in [5.74, 6) is -0.0509. The summed E-state index contributed by atoms with van der Waals surface area (Å²) in [6, 6.07) is 0. The third-order valence-corrected chi connectivity index (χ3v) is 0.918. The second-order valence-electron chi connectivity index (χ2n) is 1.97. The zero-order valence-corrected chi connectivity index (χ0v) is 5.49. The minimum absolute atomic E-state index is 0.0509. The number of rotatable bonds is 1. The lowest BCUT2D eigenvalue weighted by Crippen LogP contribution is -2.08. The van der Waals surface area contributed by atoms with E-state index < -0.39 is 0 Å². The first-order valence-corrected chi connectivity index (χ1v) is 2.49. The minimum Gasteiger partial charge on any atom is -0.396 e. The Morgan fingerprint density at radius 1 is 1.25 bits per heavy atom. The summed E-state index contributed by atoms with van der Waals surface area (Å²) < 4.78 is 0. The summed E-state index contributed by atoms with van der Waals surface area (Å²) in [7, 11) is 0. The SMILES string of the molecule is CC(=O)C(N)=C(C)C. The van der Waals surface area contributed by atoms with Gasteiger partial charge < -0.3 is 5.73 Å². The van der Waals surface area contributed by atoms with Crippen molar-refractivity contribution in [3.63, 3.8) is 0 Å². The van der Waals surface area contributed by atoms with Gasteiger partial charge >= 0.3 is 0 Å². The monoisotopic (exact) mass is 113 g/mol. The molecule has 2 N–H and O–H groups in total. The van der Waals surface area contributed by atoms with E-state index in [0.717, 1.165) is 5.57 Å². The Bertz CT molecular complexity index is 131. The predicted molar refractivity (Wildman–Crippen MR) is 33.2 cm³/mol. The fourth-order valence-corrected chi connectivity index (χ4v) is 0.352. The van der Waals surface area contributed by atoms with Crippen LogP contribution in [0, 0.1) is 0 Å². The number of Topliss-reactive ketones (excluding diaryl/α,β-unsaturated/α-hetero) is 1. The molecule has 0 rings (SSSR count). The highest BCUT2D eigenvalue weighted by molar-refractivity contribution is 5.92. The van der Waals surface area contributed by atoms with E-state index in [9.17, 15) is 4.79 Å². The van der Waals surface area contributed by atoms with E-state index in [1.165, 1.54) is 6.92 Å². The molecule has 0 aromatic rings. The van der Waals surface area contributed by atoms with Gasteiger partial charge in [-0.05, 0) is 19.4 Å². The van der Waals surface area contributed by atoms with Gasteiger partial charge in [0.15, 0.2) is 5.78 Å². The standard InChI is InChI=1S/C6H11NO/c1-4(2)6(7)5(3)8/h7H2,1-3H3. The molecule has 8 heavy (non-hydrogen) atoms. The van der Waals surface area contributed by atoms with Crippen LogP contribution in [-0.4, -0.2) is 5.78 Å². The first-order chi connectivity index (χ1) is 3.55. The lowest BCUT2D eigenvalue weighted by atomic mass is 10.2. The Hall–Kier alpha value is -0.790. The molecule has 46 valence electrons. The van der Waals surface area contributed by atoms with Gasteiger partial charge in [0, 0.05) is 6.92 Å². The highest BCUT2D eigenvalue weighted by atomic mass is 16.1. The third kappa shape index (κ3) is 1.78. The van der Waals surface area contributed by atoms with Crippen molar-refractivity contribution in [2.24, 2.45) is 5.73 Å². The summed E-state index contributed by atoms with van der Waals surface area (Å²) in [5.41, 5.74) is 6.56. The lowest BCUT2D eigenvalue weighted by Gasteiger charge is -1.94. The molecule has 0 heterocycles. The van der Waals surface area contributed by atoms with E-state index >= 15 is 0 Å². The van der Waals surface area contributed by atoms with Crippen LogP contribution in [-0.2, 0) is 4.79 Å². The van der Waals surface area contributed by atoms with Gasteiger partial charge in [-0.25, -0.2) is 0 Å². The smallest absolute Gasteiger partial charge is 0.175 e. The molecule has 0 saturated heterocycles. The summed E-state index contributed by atoms with van der Waals surface area (Å²) in [5, 5.41) is 0. The first-order valence-electron chi connectivity index (χ1n) is 2.49. The van der Waals surface area contributed by atoms with Crippen LogP contribution in [0.25, 0.3) is 0 Å². The van der Waals surface area contributed by atoms with Gasteiger partial charge in [0.25, 0.3) is 0 Å². The Morgan fingerprint density at radius 2 is 1.62 bits per heavy atom. The average Bonchev–Trinajstić information content (AvgIpc) is 1.64. The van der Waals surface area contributed by atoms with Crippen molar-refractivity contribution in [1.29, 1.82) is 0 Å². The normalized spacial score (nSPS) is 8.38. The van der Waals surface area contributed by atoms with Gasteiger partial charge in [-0.3, -0.25) is 4.79 Å². The van der Waals surface area contributed by atoms with E-state index in [0.29, 0.717) is 5.70 Å². The largest absolute Gasteiger partial charge is 0.396 e. The van der Waals surface area contributed by atoms with Gasteiger partial charge in [-0.2, -0.15) is 0 Å². The maximum Gasteiger partial charge on any atom is 0.175 e. The topological polar surface area (TPSA) is 43.1 Å². The lowest BCUT2D eigenvalue weighted by molar-refractivity contribution is -0.113. The molecule has 0 aromatic carbocycles. The Labute approximate surface area is 49.4 Å². The van der Waals surface area contributed by atoms with Crippen LogP contribution < -0.4 is 5.73 Å². The van der Waals surface area contributed by atoms with Crippen molar-refractivity contribution >= 4 is 5.78 Å². The van der Waals surface area contributed by atoms with Crippen LogP contribution in [0.15, 0.2) is 11.3 Å². The molecule has 2 nitrogen and oxygen atoms in total. The first kappa shape index (κ1) is 7.21. The van der Waals surface area contributed by atoms with Gasteiger partial charge in [0.05, 0.1) is 5.70 Å². The summed E-state index contributed by atoms with van der Waals surface area (Å²) in [4.78, 5) is 10.4. The summed E-state index contributed by atoms with van der Waals surface area (Å²) >= 11 is 0. The van der Waals surface area contributed by atoms with E-state index in [1.807, 2.05) is 13.8 Å². The molecular formula is C6H11NO. The highest BCUT2D eigenvalue weighted by Crippen LogP contribution is 1.94. The number of hydrogen-bond acceptors (Lipinski definition) is 2. The van der Waals surface area contributed by atoms with E-state index in [2.05, 4.69) is 0 Å². The van der Waals surface area contributed by atoms with Crippen LogP contribution in [0.1, 0.15) is 20.8 Å².